The van der Waals surface area contributed by atoms with Gasteiger partial charge in [-0.05, 0) is 32.6 Å². The van der Waals surface area contributed by atoms with Crippen molar-refractivity contribution >= 4 is 5.84 Å². The van der Waals surface area contributed by atoms with Gasteiger partial charge >= 0.3 is 0 Å². The van der Waals surface area contributed by atoms with Crippen LogP contribution >= 0.6 is 0 Å². The number of methoxy groups -OCH3 is 1. The van der Waals surface area contributed by atoms with E-state index in [1.165, 1.54) is 12.8 Å². The van der Waals surface area contributed by atoms with Crippen LogP contribution < -0.4 is 5.73 Å². The van der Waals surface area contributed by atoms with Crippen LogP contribution in [-0.2, 0) is 9.47 Å². The van der Waals surface area contributed by atoms with Gasteiger partial charge in [0.25, 0.3) is 0 Å². The average molecular weight is 214 g/mol. The van der Waals surface area contributed by atoms with Crippen molar-refractivity contribution in [1.82, 2.24) is 0 Å². The summed E-state index contributed by atoms with van der Waals surface area (Å²) in [5.41, 5.74) is 5.73. The molecule has 0 atom stereocenters. The van der Waals surface area contributed by atoms with Crippen molar-refractivity contribution in [2.24, 2.45) is 10.7 Å². The van der Waals surface area contributed by atoms with Crippen LogP contribution in [0.4, 0.5) is 0 Å². The van der Waals surface area contributed by atoms with E-state index in [0.29, 0.717) is 25.6 Å². The van der Waals surface area contributed by atoms with Crippen LogP contribution in [0.2, 0.25) is 0 Å². The van der Waals surface area contributed by atoms with E-state index in [1.54, 1.807) is 7.11 Å². The summed E-state index contributed by atoms with van der Waals surface area (Å²) in [6, 6.07) is 0. The predicted molar refractivity (Wildman–Crippen MR) is 61.2 cm³/mol. The van der Waals surface area contributed by atoms with Crippen molar-refractivity contribution < 1.29 is 9.47 Å². The first-order valence-corrected chi connectivity index (χ1v) is 5.68. The Balaban J connectivity index is 2.58. The standard InChI is InChI=1S/C11H22N2O2/c1-3-15-11(6-4-5-7-11)10(12)13-8-9-14-2/h3-9H2,1-2H3,(H2,12,13). The summed E-state index contributed by atoms with van der Waals surface area (Å²) in [5.74, 6) is 0.652. The topological polar surface area (TPSA) is 56.8 Å². The lowest BCUT2D eigenvalue weighted by atomic mass is 10.0. The summed E-state index contributed by atoms with van der Waals surface area (Å²) < 4.78 is 10.7. The van der Waals surface area contributed by atoms with Gasteiger partial charge in [0.2, 0.25) is 0 Å². The number of aliphatic imine (C=N–C) groups is 1. The minimum atomic E-state index is -0.275. The Morgan fingerprint density at radius 3 is 2.60 bits per heavy atom. The molecule has 1 saturated carbocycles. The predicted octanol–water partition coefficient (Wildman–Crippen LogP) is 1.34. The molecule has 0 spiro atoms. The second-order valence-electron chi connectivity index (χ2n) is 3.89. The van der Waals surface area contributed by atoms with Gasteiger partial charge in [-0.1, -0.05) is 0 Å². The highest BCUT2D eigenvalue weighted by Crippen LogP contribution is 2.33. The third-order valence-corrected chi connectivity index (χ3v) is 2.88. The van der Waals surface area contributed by atoms with Crippen molar-refractivity contribution in [3.05, 3.63) is 0 Å². The average Bonchev–Trinajstić information content (AvgIpc) is 2.68. The maximum absolute atomic E-state index is 6.01. The largest absolute Gasteiger partial charge is 0.385 e. The van der Waals surface area contributed by atoms with E-state index in [0.717, 1.165) is 12.8 Å². The molecule has 0 aromatic rings. The first-order chi connectivity index (χ1) is 7.25. The molecule has 1 rings (SSSR count). The van der Waals surface area contributed by atoms with Crippen molar-refractivity contribution in [2.45, 2.75) is 38.2 Å². The smallest absolute Gasteiger partial charge is 0.126 e. The molecule has 0 bridgehead atoms. The number of rotatable bonds is 6. The Morgan fingerprint density at radius 1 is 1.40 bits per heavy atom. The second-order valence-corrected chi connectivity index (χ2v) is 3.89. The Kier molecular flexibility index (Phi) is 5.05. The zero-order chi connectivity index (χ0) is 11.1. The number of hydrogen-bond acceptors (Lipinski definition) is 3. The molecule has 0 saturated heterocycles. The Bertz CT molecular complexity index is 211. The van der Waals surface area contributed by atoms with Crippen LogP contribution in [-0.4, -0.2) is 38.3 Å². The molecule has 0 amide bonds. The third kappa shape index (κ3) is 3.18. The van der Waals surface area contributed by atoms with Crippen molar-refractivity contribution in [3.63, 3.8) is 0 Å². The first-order valence-electron chi connectivity index (χ1n) is 5.68. The fourth-order valence-corrected chi connectivity index (χ4v) is 2.10. The lowest BCUT2D eigenvalue weighted by Gasteiger charge is -2.28. The quantitative estimate of drug-likeness (QED) is 0.412. The molecular weight excluding hydrogens is 192 g/mol. The molecule has 15 heavy (non-hydrogen) atoms. The first kappa shape index (κ1) is 12.5. The highest BCUT2D eigenvalue weighted by atomic mass is 16.5. The minimum absolute atomic E-state index is 0.275. The maximum Gasteiger partial charge on any atom is 0.126 e. The normalized spacial score (nSPS) is 20.8. The number of ether oxygens (including phenoxy) is 2. The van der Waals surface area contributed by atoms with Gasteiger partial charge in [-0.25, -0.2) is 0 Å². The molecule has 2 N–H and O–H groups in total. The van der Waals surface area contributed by atoms with E-state index < -0.39 is 0 Å². The molecule has 4 nitrogen and oxygen atoms in total. The van der Waals surface area contributed by atoms with Gasteiger partial charge in [0.15, 0.2) is 0 Å². The van der Waals surface area contributed by atoms with Gasteiger partial charge in [0.05, 0.1) is 13.2 Å². The van der Waals surface area contributed by atoms with Crippen molar-refractivity contribution in [1.29, 1.82) is 0 Å². The summed E-state index contributed by atoms with van der Waals surface area (Å²) in [5, 5.41) is 0. The monoisotopic (exact) mass is 214 g/mol. The van der Waals surface area contributed by atoms with E-state index in [1.807, 2.05) is 6.92 Å². The Morgan fingerprint density at radius 2 is 2.07 bits per heavy atom. The van der Waals surface area contributed by atoms with E-state index in [9.17, 15) is 0 Å². The van der Waals surface area contributed by atoms with Crippen LogP contribution in [0.1, 0.15) is 32.6 Å². The summed E-state index contributed by atoms with van der Waals surface area (Å²) in [7, 11) is 1.67. The molecule has 4 heteroatoms. The van der Waals surface area contributed by atoms with E-state index in [-0.39, 0.29) is 5.60 Å². The van der Waals surface area contributed by atoms with Crippen LogP contribution in [0.15, 0.2) is 4.99 Å². The number of amidine groups is 1. The molecule has 1 aliphatic carbocycles. The van der Waals surface area contributed by atoms with Gasteiger partial charge in [-0.3, -0.25) is 4.99 Å². The van der Waals surface area contributed by atoms with E-state index >= 15 is 0 Å². The third-order valence-electron chi connectivity index (χ3n) is 2.88. The second kappa shape index (κ2) is 6.08. The van der Waals surface area contributed by atoms with Crippen LogP contribution in [0, 0.1) is 0 Å². The summed E-state index contributed by atoms with van der Waals surface area (Å²) in [4.78, 5) is 4.33. The van der Waals surface area contributed by atoms with Crippen LogP contribution in [0.5, 0.6) is 0 Å². The number of hydrogen-bond donors (Lipinski definition) is 1. The van der Waals surface area contributed by atoms with Gasteiger partial charge < -0.3 is 15.2 Å². The molecule has 0 unspecified atom stereocenters. The zero-order valence-corrected chi connectivity index (χ0v) is 9.79. The van der Waals surface area contributed by atoms with Gasteiger partial charge in [0.1, 0.15) is 11.4 Å². The molecule has 1 fully saturated rings. The fourth-order valence-electron chi connectivity index (χ4n) is 2.10. The lowest BCUT2D eigenvalue weighted by molar-refractivity contribution is 0.0196. The van der Waals surface area contributed by atoms with Gasteiger partial charge in [-0.2, -0.15) is 0 Å². The van der Waals surface area contributed by atoms with Crippen molar-refractivity contribution in [3.8, 4) is 0 Å². The molecule has 0 radical (unpaired) electrons. The molecule has 0 aromatic heterocycles. The molecule has 88 valence electrons. The fraction of sp³-hybridized carbons (Fsp3) is 0.909. The van der Waals surface area contributed by atoms with E-state index in [2.05, 4.69) is 4.99 Å². The SMILES string of the molecule is CCOC1(C(N)=NCCOC)CCCC1. The highest BCUT2D eigenvalue weighted by molar-refractivity contribution is 5.89. The van der Waals surface area contributed by atoms with Gasteiger partial charge in [-0.15, -0.1) is 0 Å². The summed E-state index contributed by atoms with van der Waals surface area (Å²) in [6.45, 7) is 3.93. The number of nitrogens with two attached hydrogens (primary N) is 1. The lowest BCUT2D eigenvalue weighted by Crippen LogP contribution is -2.44. The van der Waals surface area contributed by atoms with E-state index in [4.69, 9.17) is 15.2 Å². The Labute approximate surface area is 91.8 Å². The molecule has 0 aromatic carbocycles. The summed E-state index contributed by atoms with van der Waals surface area (Å²) >= 11 is 0. The zero-order valence-electron chi connectivity index (χ0n) is 9.79. The maximum atomic E-state index is 6.01. The van der Waals surface area contributed by atoms with Crippen LogP contribution in [0.3, 0.4) is 0 Å². The van der Waals surface area contributed by atoms with Crippen LogP contribution in [0.25, 0.3) is 0 Å². The minimum Gasteiger partial charge on any atom is -0.385 e. The number of nitrogens with zero attached hydrogens (tertiary/aromatic N) is 1. The summed E-state index contributed by atoms with van der Waals surface area (Å²) in [6.07, 6.45) is 4.37. The molecule has 0 aliphatic heterocycles. The molecular formula is C11H22N2O2. The highest BCUT2D eigenvalue weighted by Gasteiger charge is 2.38. The Hall–Kier alpha value is -0.610. The van der Waals surface area contributed by atoms with Gasteiger partial charge in [0, 0.05) is 13.7 Å². The molecule has 1 aliphatic rings. The molecule has 0 heterocycles. The van der Waals surface area contributed by atoms with Crippen molar-refractivity contribution in [2.75, 3.05) is 26.9 Å².